The number of aromatic nitrogens is 4. The van der Waals surface area contributed by atoms with Crippen molar-refractivity contribution in [1.82, 2.24) is 19.4 Å². The summed E-state index contributed by atoms with van der Waals surface area (Å²) in [7, 11) is 3.94. The molecule has 3 heterocycles. The molecule has 3 aromatic heterocycles. The summed E-state index contributed by atoms with van der Waals surface area (Å²) in [6.45, 7) is 3.58. The zero-order valence-electron chi connectivity index (χ0n) is 15.3. The lowest BCUT2D eigenvalue weighted by molar-refractivity contribution is 1.02. The van der Waals surface area contributed by atoms with Crippen LogP contribution in [-0.4, -0.2) is 33.4 Å². The second-order valence-corrected chi connectivity index (χ2v) is 7.51. The van der Waals surface area contributed by atoms with Crippen molar-refractivity contribution in [1.29, 1.82) is 0 Å². The van der Waals surface area contributed by atoms with Crippen LogP contribution in [0.2, 0.25) is 0 Å². The van der Waals surface area contributed by atoms with Gasteiger partial charge in [0.1, 0.15) is 0 Å². The van der Waals surface area contributed by atoms with Gasteiger partial charge in [0.2, 0.25) is 4.96 Å². The molecule has 0 aliphatic heterocycles. The first-order chi connectivity index (χ1) is 12.8. The van der Waals surface area contributed by atoms with E-state index >= 15 is 0 Å². The minimum absolute atomic E-state index is 0.118. The number of benzene rings is 1. The minimum Gasteiger partial charge on any atom is -0.378 e. The summed E-state index contributed by atoms with van der Waals surface area (Å²) in [4.78, 5) is 40.3. The molecule has 0 saturated carbocycles. The number of hydrogen-bond acceptors (Lipinski definition) is 7. The largest absolute Gasteiger partial charge is 0.378 e. The van der Waals surface area contributed by atoms with Gasteiger partial charge in [-0.05, 0) is 37.6 Å². The summed E-state index contributed by atoms with van der Waals surface area (Å²) >= 11 is 1.17. The second-order valence-electron chi connectivity index (χ2n) is 6.50. The van der Waals surface area contributed by atoms with E-state index in [1.54, 1.807) is 19.9 Å². The van der Waals surface area contributed by atoms with Crippen LogP contribution in [0.5, 0.6) is 0 Å². The van der Waals surface area contributed by atoms with Crippen molar-refractivity contribution in [2.75, 3.05) is 19.0 Å². The third-order valence-corrected chi connectivity index (χ3v) is 5.38. The summed E-state index contributed by atoms with van der Waals surface area (Å²) in [6.07, 6.45) is 1.80. The third-order valence-electron chi connectivity index (χ3n) is 4.41. The molecule has 0 N–H and O–H groups in total. The van der Waals surface area contributed by atoms with Gasteiger partial charge in [-0.25, -0.2) is 14.4 Å². The van der Waals surface area contributed by atoms with Gasteiger partial charge >= 0.3 is 5.56 Å². The van der Waals surface area contributed by atoms with Crippen molar-refractivity contribution in [2.45, 2.75) is 13.8 Å². The SMILES string of the molecule is Cc1nc2c(=O)nc3s/c(=C\c4ccc(N(C)C)cc4)c(=O)n3c2nc1C. The zero-order chi connectivity index (χ0) is 19.3. The van der Waals surface area contributed by atoms with Gasteiger partial charge in [-0.1, -0.05) is 23.5 Å². The van der Waals surface area contributed by atoms with Crippen LogP contribution in [0, 0.1) is 13.8 Å². The lowest BCUT2D eigenvalue weighted by Gasteiger charge is -2.11. The number of hydrogen-bond donors (Lipinski definition) is 0. The Morgan fingerprint density at radius 1 is 1.00 bits per heavy atom. The van der Waals surface area contributed by atoms with Crippen molar-refractivity contribution in [2.24, 2.45) is 0 Å². The Bertz CT molecular complexity index is 1350. The molecular formula is C19H17N5O2S. The Labute approximate surface area is 158 Å². The molecule has 27 heavy (non-hydrogen) atoms. The molecule has 0 radical (unpaired) electrons. The molecule has 8 heteroatoms. The lowest BCUT2D eigenvalue weighted by atomic mass is 10.2. The van der Waals surface area contributed by atoms with Crippen LogP contribution in [-0.2, 0) is 0 Å². The van der Waals surface area contributed by atoms with Gasteiger partial charge < -0.3 is 4.90 Å². The van der Waals surface area contributed by atoms with E-state index in [0.29, 0.717) is 20.9 Å². The van der Waals surface area contributed by atoms with E-state index in [0.717, 1.165) is 11.3 Å². The molecule has 0 spiro atoms. The Kier molecular flexibility index (Phi) is 4.00. The fraction of sp³-hybridized carbons (Fsp3) is 0.211. The van der Waals surface area contributed by atoms with Crippen LogP contribution in [0.3, 0.4) is 0 Å². The molecule has 0 saturated heterocycles. The number of anilines is 1. The molecule has 4 aromatic rings. The minimum atomic E-state index is -0.469. The van der Waals surface area contributed by atoms with Gasteiger partial charge in [-0.2, -0.15) is 4.98 Å². The summed E-state index contributed by atoms with van der Waals surface area (Å²) in [5.74, 6) is 0. The van der Waals surface area contributed by atoms with Gasteiger partial charge in [0.15, 0.2) is 11.2 Å². The maximum atomic E-state index is 13.0. The number of thiazole rings is 1. The van der Waals surface area contributed by atoms with Gasteiger partial charge in [-0.15, -0.1) is 0 Å². The standard InChI is InChI=1S/C19H17N5O2S/c1-10-11(2)21-16-15(20-10)17(25)22-19-24(16)18(26)14(27-19)9-12-5-7-13(8-6-12)23(3)4/h5-9H,1-4H3/b14-9-. The van der Waals surface area contributed by atoms with Gasteiger partial charge in [0.25, 0.3) is 5.56 Å². The first kappa shape index (κ1) is 17.3. The summed E-state index contributed by atoms with van der Waals surface area (Å²) in [5, 5.41) is 0. The van der Waals surface area contributed by atoms with Crippen molar-refractivity contribution in [3.63, 3.8) is 0 Å². The molecule has 0 aliphatic rings. The first-order valence-corrected chi connectivity index (χ1v) is 9.16. The van der Waals surface area contributed by atoms with Crippen LogP contribution in [0.1, 0.15) is 17.0 Å². The normalized spacial score (nSPS) is 12.2. The Balaban J connectivity index is 1.99. The molecule has 7 nitrogen and oxygen atoms in total. The molecule has 1 aromatic carbocycles. The quantitative estimate of drug-likeness (QED) is 0.522. The fourth-order valence-corrected chi connectivity index (χ4v) is 3.75. The Hall–Kier alpha value is -3.13. The van der Waals surface area contributed by atoms with Gasteiger partial charge in [0, 0.05) is 19.8 Å². The van der Waals surface area contributed by atoms with E-state index in [2.05, 4.69) is 15.0 Å². The molecule has 0 atom stereocenters. The van der Waals surface area contributed by atoms with Crippen LogP contribution in [0.25, 0.3) is 22.2 Å². The third kappa shape index (κ3) is 2.87. The van der Waals surface area contributed by atoms with Crippen LogP contribution in [0.4, 0.5) is 5.69 Å². The lowest BCUT2D eigenvalue weighted by Crippen LogP contribution is -2.25. The smallest absolute Gasteiger partial charge is 0.302 e. The predicted molar refractivity (Wildman–Crippen MR) is 108 cm³/mol. The van der Waals surface area contributed by atoms with Crippen molar-refractivity contribution in [3.05, 3.63) is 66.5 Å². The molecule has 0 bridgehead atoms. The molecule has 136 valence electrons. The van der Waals surface area contributed by atoms with Crippen LogP contribution in [0.15, 0.2) is 33.9 Å². The van der Waals surface area contributed by atoms with E-state index < -0.39 is 5.56 Å². The van der Waals surface area contributed by atoms with Crippen LogP contribution < -0.4 is 20.6 Å². The highest BCUT2D eigenvalue weighted by molar-refractivity contribution is 7.15. The summed E-state index contributed by atoms with van der Waals surface area (Å²) in [6, 6.07) is 7.86. The van der Waals surface area contributed by atoms with Crippen molar-refractivity contribution >= 4 is 39.2 Å². The highest BCUT2D eigenvalue weighted by atomic mass is 32.1. The van der Waals surface area contributed by atoms with E-state index in [1.165, 1.54) is 15.7 Å². The highest BCUT2D eigenvalue weighted by Gasteiger charge is 2.15. The Morgan fingerprint density at radius 2 is 1.67 bits per heavy atom. The molecule has 0 amide bonds. The Morgan fingerprint density at radius 3 is 2.33 bits per heavy atom. The molecule has 0 fully saturated rings. The number of nitrogens with zero attached hydrogens (tertiary/aromatic N) is 5. The number of rotatable bonds is 2. The monoisotopic (exact) mass is 379 g/mol. The summed E-state index contributed by atoms with van der Waals surface area (Å²) in [5.41, 5.74) is 2.96. The molecule has 4 rings (SSSR count). The van der Waals surface area contributed by atoms with E-state index in [4.69, 9.17) is 0 Å². The molecule has 0 unspecified atom stereocenters. The average molecular weight is 379 g/mol. The van der Waals surface area contributed by atoms with E-state index in [9.17, 15) is 9.59 Å². The zero-order valence-corrected chi connectivity index (χ0v) is 16.2. The average Bonchev–Trinajstić information content (AvgIpc) is 2.93. The summed E-state index contributed by atoms with van der Waals surface area (Å²) < 4.78 is 1.87. The molecular weight excluding hydrogens is 362 g/mol. The highest BCUT2D eigenvalue weighted by Crippen LogP contribution is 2.13. The second kappa shape index (κ2) is 6.24. The van der Waals surface area contributed by atoms with Gasteiger partial charge in [-0.3, -0.25) is 9.59 Å². The number of aryl methyl sites for hydroxylation is 2. The van der Waals surface area contributed by atoms with Crippen molar-refractivity contribution in [3.8, 4) is 0 Å². The van der Waals surface area contributed by atoms with E-state index in [-0.39, 0.29) is 16.7 Å². The maximum absolute atomic E-state index is 13.0. The van der Waals surface area contributed by atoms with E-state index in [1.807, 2.05) is 43.3 Å². The van der Waals surface area contributed by atoms with Gasteiger partial charge in [0.05, 0.1) is 15.9 Å². The number of fused-ring (bicyclic) bond motifs is 3. The maximum Gasteiger partial charge on any atom is 0.302 e. The van der Waals surface area contributed by atoms with Crippen LogP contribution >= 0.6 is 11.3 Å². The fourth-order valence-electron chi connectivity index (χ4n) is 2.79. The first-order valence-electron chi connectivity index (χ1n) is 8.35. The van der Waals surface area contributed by atoms with Crippen molar-refractivity contribution < 1.29 is 0 Å². The molecule has 0 aliphatic carbocycles. The predicted octanol–water partition coefficient (Wildman–Crippen LogP) is 1.29. The topological polar surface area (TPSA) is 80.5 Å².